The molecule has 0 aromatic heterocycles. The van der Waals surface area contributed by atoms with E-state index in [2.05, 4.69) is 0 Å². The second-order valence-corrected chi connectivity index (χ2v) is 5.57. The molecule has 5 heteroatoms. The number of hydrogen-bond donors (Lipinski definition) is 1. The summed E-state index contributed by atoms with van der Waals surface area (Å²) in [5.74, 6) is -1.01. The second kappa shape index (κ2) is 4.88. The Morgan fingerprint density at radius 2 is 2.17 bits per heavy atom. The first kappa shape index (κ1) is 13.3. The van der Waals surface area contributed by atoms with E-state index in [0.717, 1.165) is 25.7 Å². The van der Waals surface area contributed by atoms with Crippen LogP contribution >= 0.6 is 0 Å². The predicted octanol–water partition coefficient (Wildman–Crippen LogP) is 1.27. The smallest absolute Gasteiger partial charge is 0.323 e. The van der Waals surface area contributed by atoms with Crippen molar-refractivity contribution in [2.75, 3.05) is 13.1 Å². The lowest BCUT2D eigenvalue weighted by Gasteiger charge is -2.34. The molecule has 5 nitrogen and oxygen atoms in total. The first-order chi connectivity index (χ1) is 8.47. The molecule has 0 saturated carbocycles. The van der Waals surface area contributed by atoms with Crippen molar-refractivity contribution >= 4 is 11.9 Å². The molecule has 2 rings (SSSR count). The summed E-state index contributed by atoms with van der Waals surface area (Å²) in [6.45, 7) is 4.16. The monoisotopic (exact) mass is 255 g/mol. The van der Waals surface area contributed by atoms with Crippen LogP contribution in [0.15, 0.2) is 0 Å². The Morgan fingerprint density at radius 1 is 1.44 bits per heavy atom. The molecule has 2 aliphatic heterocycles. The summed E-state index contributed by atoms with van der Waals surface area (Å²) < 4.78 is 5.75. The number of fused-ring (bicyclic) bond motifs is 2. The Balaban J connectivity index is 2.10. The number of ether oxygens (including phenoxy) is 1. The zero-order valence-electron chi connectivity index (χ0n) is 11.0. The van der Waals surface area contributed by atoms with Crippen molar-refractivity contribution < 1.29 is 19.4 Å². The molecular formula is C13H21NO4. The lowest BCUT2D eigenvalue weighted by Crippen LogP contribution is -2.49. The van der Waals surface area contributed by atoms with Crippen LogP contribution in [-0.2, 0) is 14.3 Å². The highest BCUT2D eigenvalue weighted by Gasteiger charge is 2.55. The maximum Gasteiger partial charge on any atom is 0.323 e. The third-order valence-corrected chi connectivity index (χ3v) is 4.07. The van der Waals surface area contributed by atoms with Crippen molar-refractivity contribution in [3.05, 3.63) is 0 Å². The molecule has 1 amide bonds. The number of rotatable bonds is 5. The topological polar surface area (TPSA) is 66.8 Å². The van der Waals surface area contributed by atoms with Crippen LogP contribution in [0.5, 0.6) is 0 Å². The molecule has 0 radical (unpaired) electrons. The third-order valence-electron chi connectivity index (χ3n) is 4.07. The van der Waals surface area contributed by atoms with Gasteiger partial charge in [-0.1, -0.05) is 6.92 Å². The minimum absolute atomic E-state index is 0.0249. The molecule has 2 bridgehead atoms. The van der Waals surface area contributed by atoms with Gasteiger partial charge in [-0.05, 0) is 32.6 Å². The van der Waals surface area contributed by atoms with Crippen LogP contribution in [0, 0.1) is 5.41 Å². The average molecular weight is 255 g/mol. The van der Waals surface area contributed by atoms with E-state index in [4.69, 9.17) is 9.84 Å². The zero-order chi connectivity index (χ0) is 13.3. The van der Waals surface area contributed by atoms with Crippen LogP contribution in [0.25, 0.3) is 0 Å². The number of hydrogen-bond acceptors (Lipinski definition) is 3. The maximum absolute atomic E-state index is 12.6. The van der Waals surface area contributed by atoms with Crippen molar-refractivity contribution in [2.45, 2.75) is 51.7 Å². The van der Waals surface area contributed by atoms with E-state index in [9.17, 15) is 9.59 Å². The minimum Gasteiger partial charge on any atom is -0.480 e. The Morgan fingerprint density at radius 3 is 2.61 bits per heavy atom. The molecular weight excluding hydrogens is 234 g/mol. The van der Waals surface area contributed by atoms with Crippen LogP contribution in [0.4, 0.5) is 0 Å². The molecule has 0 spiro atoms. The summed E-state index contributed by atoms with van der Waals surface area (Å²) in [4.78, 5) is 24.9. The summed E-state index contributed by atoms with van der Waals surface area (Å²) in [7, 11) is 0. The van der Waals surface area contributed by atoms with Gasteiger partial charge in [-0.3, -0.25) is 9.59 Å². The molecule has 2 heterocycles. The number of carboxylic acid groups (broad SMARTS) is 1. The SMILES string of the molecule is CCCN(CC(=O)O)C(=O)C1(C)CC2CCC1O2. The molecule has 3 atom stereocenters. The summed E-state index contributed by atoms with van der Waals surface area (Å²) in [5.41, 5.74) is -0.520. The third kappa shape index (κ3) is 2.23. The molecule has 2 aliphatic rings. The normalized spacial score (nSPS) is 33.7. The Bertz CT molecular complexity index is 357. The van der Waals surface area contributed by atoms with E-state index >= 15 is 0 Å². The fraction of sp³-hybridized carbons (Fsp3) is 0.846. The summed E-state index contributed by atoms with van der Waals surface area (Å²) >= 11 is 0. The zero-order valence-corrected chi connectivity index (χ0v) is 11.0. The first-order valence-electron chi connectivity index (χ1n) is 6.64. The highest BCUT2D eigenvalue weighted by molar-refractivity contribution is 5.86. The van der Waals surface area contributed by atoms with Crippen LogP contribution in [0.2, 0.25) is 0 Å². The van der Waals surface area contributed by atoms with Gasteiger partial charge in [0.15, 0.2) is 0 Å². The second-order valence-electron chi connectivity index (χ2n) is 5.57. The highest BCUT2D eigenvalue weighted by Crippen LogP contribution is 2.48. The fourth-order valence-electron chi connectivity index (χ4n) is 3.20. The van der Waals surface area contributed by atoms with Crippen LogP contribution < -0.4 is 0 Å². The number of carbonyl (C=O) groups is 2. The Kier molecular flexibility index (Phi) is 3.61. The van der Waals surface area contributed by atoms with Crippen molar-refractivity contribution in [1.82, 2.24) is 4.90 Å². The van der Waals surface area contributed by atoms with Crippen molar-refractivity contribution in [1.29, 1.82) is 0 Å². The summed E-state index contributed by atoms with van der Waals surface area (Å²) in [6.07, 6.45) is 3.61. The van der Waals surface area contributed by atoms with Crippen LogP contribution in [0.1, 0.15) is 39.5 Å². The predicted molar refractivity (Wildman–Crippen MR) is 65.1 cm³/mol. The molecule has 3 unspecified atom stereocenters. The maximum atomic E-state index is 12.6. The van der Waals surface area contributed by atoms with Crippen LogP contribution in [0.3, 0.4) is 0 Å². The van der Waals surface area contributed by atoms with Gasteiger partial charge in [0.05, 0.1) is 17.6 Å². The van der Waals surface area contributed by atoms with Crippen LogP contribution in [-0.4, -0.2) is 47.2 Å². The number of nitrogens with zero attached hydrogens (tertiary/aromatic N) is 1. The van der Waals surface area contributed by atoms with Gasteiger partial charge in [0, 0.05) is 6.54 Å². The van der Waals surface area contributed by atoms with E-state index in [1.807, 2.05) is 13.8 Å². The Labute approximate surface area is 107 Å². The molecule has 18 heavy (non-hydrogen) atoms. The minimum atomic E-state index is -0.954. The molecule has 0 aliphatic carbocycles. The van der Waals surface area contributed by atoms with Gasteiger partial charge in [-0.15, -0.1) is 0 Å². The van der Waals surface area contributed by atoms with Gasteiger partial charge in [-0.2, -0.15) is 0 Å². The molecule has 2 saturated heterocycles. The number of aliphatic carboxylic acids is 1. The number of carbonyl (C=O) groups excluding carboxylic acids is 1. The van der Waals surface area contributed by atoms with Gasteiger partial charge in [0.2, 0.25) is 5.91 Å². The number of carboxylic acids is 1. The standard InChI is InChI=1S/C13H21NO4/c1-3-6-14(8-11(15)16)12(17)13(2)7-9-4-5-10(13)18-9/h9-10H,3-8H2,1-2H3,(H,15,16). The van der Waals surface area contributed by atoms with Crippen molar-refractivity contribution in [3.8, 4) is 0 Å². The van der Waals surface area contributed by atoms with Gasteiger partial charge < -0.3 is 14.7 Å². The average Bonchev–Trinajstić information content (AvgIpc) is 2.87. The Hall–Kier alpha value is -1.10. The largest absolute Gasteiger partial charge is 0.480 e. The molecule has 1 N–H and O–H groups in total. The number of amides is 1. The van der Waals surface area contributed by atoms with Gasteiger partial charge in [0.1, 0.15) is 6.54 Å². The lowest BCUT2D eigenvalue weighted by molar-refractivity contribution is -0.151. The van der Waals surface area contributed by atoms with E-state index in [0.29, 0.717) is 6.54 Å². The van der Waals surface area contributed by atoms with Gasteiger partial charge in [0.25, 0.3) is 0 Å². The molecule has 0 aromatic rings. The van der Waals surface area contributed by atoms with Gasteiger partial charge >= 0.3 is 5.97 Å². The molecule has 102 valence electrons. The molecule has 0 aromatic carbocycles. The summed E-state index contributed by atoms with van der Waals surface area (Å²) in [5, 5.41) is 8.89. The van der Waals surface area contributed by atoms with Gasteiger partial charge in [-0.25, -0.2) is 0 Å². The quantitative estimate of drug-likeness (QED) is 0.803. The van der Waals surface area contributed by atoms with Crippen molar-refractivity contribution in [2.24, 2.45) is 5.41 Å². The van der Waals surface area contributed by atoms with Crippen molar-refractivity contribution in [3.63, 3.8) is 0 Å². The highest BCUT2D eigenvalue weighted by atomic mass is 16.5. The van der Waals surface area contributed by atoms with E-state index < -0.39 is 11.4 Å². The van der Waals surface area contributed by atoms with E-state index in [1.165, 1.54) is 4.90 Å². The lowest BCUT2D eigenvalue weighted by atomic mass is 9.74. The van der Waals surface area contributed by atoms with E-state index in [-0.39, 0.29) is 24.7 Å². The first-order valence-corrected chi connectivity index (χ1v) is 6.64. The summed E-state index contributed by atoms with van der Waals surface area (Å²) in [6, 6.07) is 0. The van der Waals surface area contributed by atoms with E-state index in [1.54, 1.807) is 0 Å². The molecule has 2 fully saturated rings. The fourth-order valence-corrected chi connectivity index (χ4v) is 3.20.